The van der Waals surface area contributed by atoms with Crippen molar-refractivity contribution in [1.82, 2.24) is 10.6 Å². The summed E-state index contributed by atoms with van der Waals surface area (Å²) >= 11 is 1.43. The summed E-state index contributed by atoms with van der Waals surface area (Å²) in [6.45, 7) is 4.87. The lowest BCUT2D eigenvalue weighted by atomic mass is 10.4. The molecule has 0 aliphatic carbocycles. The van der Waals surface area contributed by atoms with Crippen LogP contribution >= 0.6 is 11.3 Å². The minimum Gasteiger partial charge on any atom is -0.352 e. The molecule has 1 aromatic rings. The largest absolute Gasteiger partial charge is 0.352 e. The molecule has 16 heavy (non-hydrogen) atoms. The molecule has 0 atom stereocenters. The van der Waals surface area contributed by atoms with Crippen LogP contribution in [0.3, 0.4) is 0 Å². The highest BCUT2D eigenvalue weighted by atomic mass is 32.1. The van der Waals surface area contributed by atoms with Crippen molar-refractivity contribution in [1.29, 1.82) is 5.26 Å². The lowest BCUT2D eigenvalue weighted by Crippen LogP contribution is -2.33. The van der Waals surface area contributed by atoms with Gasteiger partial charge in [-0.2, -0.15) is 5.26 Å². The zero-order valence-corrected chi connectivity index (χ0v) is 9.64. The zero-order chi connectivity index (χ0) is 11.8. The maximum absolute atomic E-state index is 11.2. The number of rotatable bonds is 6. The van der Waals surface area contributed by atoms with Gasteiger partial charge in [-0.15, -0.1) is 17.9 Å². The maximum Gasteiger partial charge on any atom is 0.234 e. The number of amides is 1. The quantitative estimate of drug-likeness (QED) is 0.723. The number of nitrogens with one attached hydrogen (secondary N) is 2. The van der Waals surface area contributed by atoms with E-state index in [9.17, 15) is 4.79 Å². The summed E-state index contributed by atoms with van der Waals surface area (Å²) in [6.07, 6.45) is 1.64. The third kappa shape index (κ3) is 4.26. The molecular weight excluding hydrogens is 222 g/mol. The molecule has 0 bridgehead atoms. The van der Waals surface area contributed by atoms with Gasteiger partial charge in [0.1, 0.15) is 10.9 Å². The first-order valence-corrected chi connectivity index (χ1v) is 5.65. The normalized spacial score (nSPS) is 9.44. The molecule has 0 spiro atoms. The van der Waals surface area contributed by atoms with Crippen LogP contribution in [0.15, 0.2) is 24.8 Å². The van der Waals surface area contributed by atoms with Crippen LogP contribution in [0.25, 0.3) is 0 Å². The van der Waals surface area contributed by atoms with Gasteiger partial charge in [0.15, 0.2) is 0 Å². The third-order valence-electron chi connectivity index (χ3n) is 1.80. The van der Waals surface area contributed by atoms with Gasteiger partial charge in [0.2, 0.25) is 5.91 Å². The molecule has 1 heterocycles. The predicted octanol–water partition coefficient (Wildman–Crippen LogP) is 1.01. The van der Waals surface area contributed by atoms with Crippen LogP contribution in [0, 0.1) is 11.3 Å². The van der Waals surface area contributed by atoms with E-state index in [4.69, 9.17) is 5.26 Å². The zero-order valence-electron chi connectivity index (χ0n) is 8.82. The highest BCUT2D eigenvalue weighted by Gasteiger charge is 2.01. The molecule has 5 heteroatoms. The number of nitrogens with zero attached hydrogens (tertiary/aromatic N) is 1. The summed E-state index contributed by atoms with van der Waals surface area (Å²) in [5.74, 6) is -0.0584. The maximum atomic E-state index is 11.2. The molecule has 0 fully saturated rings. The average Bonchev–Trinajstić information content (AvgIpc) is 2.74. The van der Waals surface area contributed by atoms with Gasteiger partial charge in [0.05, 0.1) is 6.54 Å². The van der Waals surface area contributed by atoms with Crippen molar-refractivity contribution in [2.75, 3.05) is 13.1 Å². The van der Waals surface area contributed by atoms with Crippen molar-refractivity contribution in [2.45, 2.75) is 6.54 Å². The van der Waals surface area contributed by atoms with E-state index in [1.165, 1.54) is 11.3 Å². The highest BCUT2D eigenvalue weighted by molar-refractivity contribution is 7.12. The average molecular weight is 235 g/mol. The van der Waals surface area contributed by atoms with Crippen LogP contribution in [0.2, 0.25) is 0 Å². The number of hydrogen-bond donors (Lipinski definition) is 2. The Bertz CT molecular complexity index is 406. The minimum atomic E-state index is -0.0584. The van der Waals surface area contributed by atoms with E-state index in [1.54, 1.807) is 12.1 Å². The Balaban J connectivity index is 2.22. The molecule has 0 aliphatic rings. The fourth-order valence-corrected chi connectivity index (χ4v) is 1.86. The molecule has 0 aromatic carbocycles. The first-order valence-electron chi connectivity index (χ1n) is 4.83. The summed E-state index contributed by atoms with van der Waals surface area (Å²) in [5.41, 5.74) is 0. The van der Waals surface area contributed by atoms with Crippen molar-refractivity contribution in [3.63, 3.8) is 0 Å². The Hall–Kier alpha value is -1.64. The molecule has 0 radical (unpaired) electrons. The molecular formula is C11H13N3OS. The summed E-state index contributed by atoms with van der Waals surface area (Å²) in [4.78, 5) is 12.9. The Morgan fingerprint density at radius 1 is 1.62 bits per heavy atom. The smallest absolute Gasteiger partial charge is 0.234 e. The minimum absolute atomic E-state index is 0.0584. The monoisotopic (exact) mass is 235 g/mol. The van der Waals surface area contributed by atoms with Crippen LogP contribution in [0.5, 0.6) is 0 Å². The van der Waals surface area contributed by atoms with Crippen molar-refractivity contribution in [3.05, 3.63) is 34.5 Å². The SMILES string of the molecule is C=CCNC(=O)CNCc1ccc(C#N)s1. The molecule has 84 valence electrons. The van der Waals surface area contributed by atoms with E-state index >= 15 is 0 Å². The molecule has 0 unspecified atom stereocenters. The summed E-state index contributed by atoms with van der Waals surface area (Å²) < 4.78 is 0. The number of hydrogen-bond acceptors (Lipinski definition) is 4. The molecule has 1 rings (SSSR count). The highest BCUT2D eigenvalue weighted by Crippen LogP contribution is 2.14. The third-order valence-corrected chi connectivity index (χ3v) is 2.79. The van der Waals surface area contributed by atoms with E-state index < -0.39 is 0 Å². The van der Waals surface area contributed by atoms with Gasteiger partial charge in [-0.05, 0) is 12.1 Å². The number of carbonyl (C=O) groups is 1. The number of nitriles is 1. The van der Waals surface area contributed by atoms with Crippen LogP contribution in [-0.2, 0) is 11.3 Å². The van der Waals surface area contributed by atoms with Gasteiger partial charge in [0, 0.05) is 18.0 Å². The van der Waals surface area contributed by atoms with Crippen molar-refractivity contribution in [3.8, 4) is 6.07 Å². The Kier molecular flexibility index (Phi) is 5.26. The van der Waals surface area contributed by atoms with Crippen LogP contribution in [-0.4, -0.2) is 19.0 Å². The molecule has 1 amide bonds. The molecule has 1 aromatic heterocycles. The molecule has 0 saturated carbocycles. The number of carbonyl (C=O) groups excluding carboxylic acids is 1. The van der Waals surface area contributed by atoms with Crippen molar-refractivity contribution in [2.24, 2.45) is 0 Å². The van der Waals surface area contributed by atoms with Crippen molar-refractivity contribution < 1.29 is 4.79 Å². The molecule has 4 nitrogen and oxygen atoms in total. The van der Waals surface area contributed by atoms with E-state index in [0.717, 1.165) is 4.88 Å². The summed E-state index contributed by atoms with van der Waals surface area (Å²) in [7, 11) is 0. The van der Waals surface area contributed by atoms with Gasteiger partial charge < -0.3 is 10.6 Å². The van der Waals surface area contributed by atoms with Gasteiger partial charge in [-0.3, -0.25) is 4.79 Å². The first kappa shape index (κ1) is 12.4. The van der Waals surface area contributed by atoms with E-state index in [2.05, 4.69) is 23.3 Å². The molecule has 0 aliphatic heterocycles. The van der Waals surface area contributed by atoms with Gasteiger partial charge in [-0.25, -0.2) is 0 Å². The standard InChI is InChI=1S/C11H13N3OS/c1-2-5-14-11(15)8-13-7-10-4-3-9(6-12)16-10/h2-4,13H,1,5,7-8H2,(H,14,15). The van der Waals surface area contributed by atoms with Gasteiger partial charge >= 0.3 is 0 Å². The van der Waals surface area contributed by atoms with Crippen LogP contribution in [0.1, 0.15) is 9.75 Å². The van der Waals surface area contributed by atoms with Crippen molar-refractivity contribution >= 4 is 17.2 Å². The van der Waals surface area contributed by atoms with E-state index in [1.807, 2.05) is 6.07 Å². The second-order valence-corrected chi connectivity index (χ2v) is 4.24. The van der Waals surface area contributed by atoms with E-state index in [-0.39, 0.29) is 12.5 Å². The lowest BCUT2D eigenvalue weighted by Gasteiger charge is -2.03. The second-order valence-electron chi connectivity index (χ2n) is 3.07. The van der Waals surface area contributed by atoms with E-state index in [0.29, 0.717) is 18.0 Å². The Labute approximate surface area is 98.6 Å². The predicted molar refractivity (Wildman–Crippen MR) is 63.9 cm³/mol. The van der Waals surface area contributed by atoms with Gasteiger partial charge in [0.25, 0.3) is 0 Å². The Morgan fingerprint density at radius 3 is 3.06 bits per heavy atom. The Morgan fingerprint density at radius 2 is 2.44 bits per heavy atom. The molecule has 2 N–H and O–H groups in total. The van der Waals surface area contributed by atoms with Crippen LogP contribution in [0.4, 0.5) is 0 Å². The molecule has 0 saturated heterocycles. The fraction of sp³-hybridized carbons (Fsp3) is 0.273. The number of thiophene rings is 1. The summed E-state index contributed by atoms with van der Waals surface area (Å²) in [6, 6.07) is 5.74. The summed E-state index contributed by atoms with van der Waals surface area (Å²) in [5, 5.41) is 14.3. The topological polar surface area (TPSA) is 64.9 Å². The fourth-order valence-electron chi connectivity index (χ4n) is 1.08. The second kappa shape index (κ2) is 6.77. The lowest BCUT2D eigenvalue weighted by molar-refractivity contribution is -0.120. The first-order chi connectivity index (χ1) is 7.76. The van der Waals surface area contributed by atoms with Crippen LogP contribution < -0.4 is 10.6 Å². The van der Waals surface area contributed by atoms with Gasteiger partial charge in [-0.1, -0.05) is 6.08 Å².